The first kappa shape index (κ1) is 19.7. The minimum atomic E-state index is -1.30. The van der Waals surface area contributed by atoms with Gasteiger partial charge in [-0.2, -0.15) is 26.1 Å². The molecule has 27 heavy (non-hydrogen) atoms. The molecule has 0 radical (unpaired) electrons. The van der Waals surface area contributed by atoms with Crippen LogP contribution >= 0.6 is 11.8 Å². The van der Waals surface area contributed by atoms with Crippen LogP contribution in [0.4, 0.5) is 10.2 Å². The normalized spacial score (nSPS) is 26.5. The standard InChI is InChI=1S/C14H19FN6O5S/c15-14-19-10(17)7-11(20-14)21(4-18-7)12-9(23)8(22)6(26-12)3-27-2-1-5(16)13(24)25/h4-6,8-9,12,22-23H,1-3,16H2,(H,24,25)(H2,17,19,20)/t5?,6-,8+,9-,12-/m1/s1. The Morgan fingerprint density at radius 1 is 1.41 bits per heavy atom. The molecular formula is C14H19FN6O5S. The fourth-order valence-corrected chi connectivity index (χ4v) is 3.82. The summed E-state index contributed by atoms with van der Waals surface area (Å²) in [5, 5.41) is 29.3. The number of nitrogens with zero attached hydrogens (tertiary/aromatic N) is 4. The van der Waals surface area contributed by atoms with Crippen molar-refractivity contribution in [2.24, 2.45) is 5.73 Å². The number of carbonyl (C=O) groups is 1. The second-order valence-corrected chi connectivity index (χ2v) is 7.21. The van der Waals surface area contributed by atoms with E-state index in [1.165, 1.54) is 22.7 Å². The summed E-state index contributed by atoms with van der Waals surface area (Å²) in [6.45, 7) is 0. The Balaban J connectivity index is 1.68. The average Bonchev–Trinajstić information content (AvgIpc) is 3.14. The molecule has 7 N–H and O–H groups in total. The molecule has 11 nitrogen and oxygen atoms in total. The number of hydrogen-bond donors (Lipinski definition) is 5. The highest BCUT2D eigenvalue weighted by Gasteiger charge is 2.44. The van der Waals surface area contributed by atoms with Crippen molar-refractivity contribution >= 4 is 34.7 Å². The van der Waals surface area contributed by atoms with Gasteiger partial charge in [0.15, 0.2) is 23.2 Å². The van der Waals surface area contributed by atoms with Crippen molar-refractivity contribution in [1.29, 1.82) is 0 Å². The highest BCUT2D eigenvalue weighted by molar-refractivity contribution is 7.99. The van der Waals surface area contributed by atoms with Gasteiger partial charge in [0.25, 0.3) is 0 Å². The third-order valence-corrected chi connectivity index (χ3v) is 5.29. The van der Waals surface area contributed by atoms with Crippen LogP contribution in [0.25, 0.3) is 11.2 Å². The van der Waals surface area contributed by atoms with Crippen LogP contribution in [-0.4, -0.2) is 76.7 Å². The maximum atomic E-state index is 13.5. The lowest BCUT2D eigenvalue weighted by molar-refractivity contribution is -0.138. The Labute approximate surface area is 156 Å². The van der Waals surface area contributed by atoms with E-state index < -0.39 is 42.6 Å². The molecule has 5 atom stereocenters. The maximum Gasteiger partial charge on any atom is 0.320 e. The molecule has 0 aromatic carbocycles. The Bertz CT molecular complexity index is 838. The van der Waals surface area contributed by atoms with Crippen molar-refractivity contribution in [2.45, 2.75) is 37.0 Å². The molecule has 1 aliphatic rings. The molecule has 1 unspecified atom stereocenters. The average molecular weight is 402 g/mol. The number of fused-ring (bicyclic) bond motifs is 1. The SMILES string of the molecule is Nc1nc(F)nc2c1ncn2[C@@H]1O[C@H](CSCCC(N)C(=O)O)[C@H](O)[C@H]1O. The molecule has 2 aromatic heterocycles. The molecule has 2 aromatic rings. The van der Waals surface area contributed by atoms with E-state index in [0.29, 0.717) is 11.5 Å². The minimum absolute atomic E-state index is 0.0389. The van der Waals surface area contributed by atoms with E-state index in [4.69, 9.17) is 21.3 Å². The molecule has 0 bridgehead atoms. The molecule has 0 aliphatic carbocycles. The first-order valence-electron chi connectivity index (χ1n) is 8.03. The number of aromatic nitrogens is 4. The van der Waals surface area contributed by atoms with E-state index in [-0.39, 0.29) is 23.4 Å². The van der Waals surface area contributed by atoms with Crippen molar-refractivity contribution in [3.63, 3.8) is 0 Å². The summed E-state index contributed by atoms with van der Waals surface area (Å²) in [5.74, 6) is -0.474. The number of thioether (sulfide) groups is 1. The molecule has 1 fully saturated rings. The van der Waals surface area contributed by atoms with Crippen LogP contribution < -0.4 is 11.5 Å². The zero-order valence-corrected chi connectivity index (χ0v) is 14.8. The largest absolute Gasteiger partial charge is 0.480 e. The monoisotopic (exact) mass is 402 g/mol. The van der Waals surface area contributed by atoms with Crippen LogP contribution in [-0.2, 0) is 9.53 Å². The van der Waals surface area contributed by atoms with Crippen LogP contribution in [0.1, 0.15) is 12.6 Å². The summed E-state index contributed by atoms with van der Waals surface area (Å²) in [6.07, 6.45) is -3.77. The Hall–Kier alpha value is -2.06. The van der Waals surface area contributed by atoms with Gasteiger partial charge in [0, 0.05) is 5.75 Å². The van der Waals surface area contributed by atoms with E-state index in [9.17, 15) is 19.4 Å². The number of nitrogen functional groups attached to an aromatic ring is 1. The van der Waals surface area contributed by atoms with Crippen molar-refractivity contribution in [3.8, 4) is 0 Å². The number of carboxylic acids is 1. The lowest BCUT2D eigenvalue weighted by Gasteiger charge is -2.16. The number of rotatable bonds is 7. The van der Waals surface area contributed by atoms with Gasteiger partial charge in [-0.25, -0.2) is 4.98 Å². The quantitative estimate of drug-likeness (QED) is 0.274. The van der Waals surface area contributed by atoms with E-state index >= 15 is 0 Å². The van der Waals surface area contributed by atoms with Crippen LogP contribution in [0.5, 0.6) is 0 Å². The summed E-state index contributed by atoms with van der Waals surface area (Å²) >= 11 is 1.34. The van der Waals surface area contributed by atoms with Gasteiger partial charge in [-0.3, -0.25) is 9.36 Å². The molecule has 148 valence electrons. The van der Waals surface area contributed by atoms with Crippen LogP contribution in [0.15, 0.2) is 6.33 Å². The van der Waals surface area contributed by atoms with Gasteiger partial charge in [0.2, 0.25) is 0 Å². The van der Waals surface area contributed by atoms with Crippen molar-refractivity contribution in [3.05, 3.63) is 12.4 Å². The molecule has 1 aliphatic heterocycles. The fraction of sp³-hybridized carbons (Fsp3) is 0.571. The Morgan fingerprint density at radius 2 is 2.15 bits per heavy atom. The third-order valence-electron chi connectivity index (χ3n) is 4.20. The Morgan fingerprint density at radius 3 is 2.85 bits per heavy atom. The number of aliphatic hydroxyl groups is 2. The van der Waals surface area contributed by atoms with Crippen molar-refractivity contribution in [1.82, 2.24) is 19.5 Å². The lowest BCUT2D eigenvalue weighted by Crippen LogP contribution is -2.33. The van der Waals surface area contributed by atoms with E-state index in [1.807, 2.05) is 0 Å². The maximum absolute atomic E-state index is 13.5. The molecule has 3 rings (SSSR count). The summed E-state index contributed by atoms with van der Waals surface area (Å²) < 4.78 is 20.5. The predicted octanol–water partition coefficient (Wildman–Crippen LogP) is -1.30. The minimum Gasteiger partial charge on any atom is -0.480 e. The number of nitrogens with two attached hydrogens (primary N) is 2. The second-order valence-electron chi connectivity index (χ2n) is 6.06. The summed E-state index contributed by atoms with van der Waals surface area (Å²) in [5.41, 5.74) is 11.2. The third kappa shape index (κ3) is 3.96. The molecular weight excluding hydrogens is 383 g/mol. The summed E-state index contributed by atoms with van der Waals surface area (Å²) in [4.78, 5) is 21.7. The van der Waals surface area contributed by atoms with Gasteiger partial charge in [-0.15, -0.1) is 0 Å². The number of carboxylic acid groups (broad SMARTS) is 1. The Kier molecular flexibility index (Phi) is 5.76. The predicted molar refractivity (Wildman–Crippen MR) is 93.2 cm³/mol. The highest BCUT2D eigenvalue weighted by atomic mass is 32.2. The fourth-order valence-electron chi connectivity index (χ4n) is 2.73. The smallest absolute Gasteiger partial charge is 0.320 e. The number of halogens is 1. The van der Waals surface area contributed by atoms with Gasteiger partial charge < -0.3 is 31.5 Å². The van der Waals surface area contributed by atoms with E-state index in [2.05, 4.69) is 15.0 Å². The van der Waals surface area contributed by atoms with Gasteiger partial charge in [0.05, 0.1) is 12.4 Å². The molecule has 0 spiro atoms. The molecule has 0 saturated carbocycles. The zero-order chi connectivity index (χ0) is 19.7. The first-order chi connectivity index (χ1) is 12.8. The number of aliphatic hydroxyl groups excluding tert-OH is 2. The number of imidazole rings is 1. The van der Waals surface area contributed by atoms with Gasteiger partial charge in [-0.1, -0.05) is 0 Å². The zero-order valence-electron chi connectivity index (χ0n) is 14.0. The highest BCUT2D eigenvalue weighted by Crippen LogP contribution is 2.33. The number of hydrogen-bond acceptors (Lipinski definition) is 10. The molecule has 0 amide bonds. The van der Waals surface area contributed by atoms with Gasteiger partial charge in [0.1, 0.15) is 18.2 Å². The number of anilines is 1. The van der Waals surface area contributed by atoms with Crippen molar-refractivity contribution < 1.29 is 29.2 Å². The van der Waals surface area contributed by atoms with E-state index in [0.717, 1.165) is 0 Å². The summed E-state index contributed by atoms with van der Waals surface area (Å²) in [6, 6.07) is -0.956. The second kappa shape index (κ2) is 7.90. The van der Waals surface area contributed by atoms with Gasteiger partial charge >= 0.3 is 12.0 Å². The number of ether oxygens (including phenoxy) is 1. The summed E-state index contributed by atoms with van der Waals surface area (Å²) in [7, 11) is 0. The lowest BCUT2D eigenvalue weighted by atomic mass is 10.1. The van der Waals surface area contributed by atoms with Crippen LogP contribution in [0, 0.1) is 6.08 Å². The molecule has 3 heterocycles. The van der Waals surface area contributed by atoms with Crippen molar-refractivity contribution in [2.75, 3.05) is 17.2 Å². The molecule has 1 saturated heterocycles. The van der Waals surface area contributed by atoms with Crippen LogP contribution in [0.3, 0.4) is 0 Å². The van der Waals surface area contributed by atoms with Crippen LogP contribution in [0.2, 0.25) is 0 Å². The van der Waals surface area contributed by atoms with Gasteiger partial charge in [-0.05, 0) is 12.2 Å². The first-order valence-corrected chi connectivity index (χ1v) is 9.18. The molecule has 13 heteroatoms. The topological polar surface area (TPSA) is 183 Å². The number of aliphatic carboxylic acids is 1. The van der Waals surface area contributed by atoms with E-state index in [1.54, 1.807) is 0 Å².